The summed E-state index contributed by atoms with van der Waals surface area (Å²) < 4.78 is 1.27. The standard InChI is InChI=1S/C20H27N3OS/c24-19(21-16-8-2-1-3-9-16)14-23-12-6-7-15(13-23)20-22-17-10-4-5-11-18(17)25-20/h4-5,10-11,15-16H,1-3,6-9,12-14H2,(H,21,24)/t15-/m0/s1. The Kier molecular flexibility index (Phi) is 5.32. The molecule has 1 saturated carbocycles. The van der Waals surface area contributed by atoms with Gasteiger partial charge in [0.15, 0.2) is 0 Å². The molecule has 4 nitrogen and oxygen atoms in total. The molecule has 2 heterocycles. The number of hydrogen-bond donors (Lipinski definition) is 1. The fourth-order valence-corrected chi connectivity index (χ4v) is 5.28. The molecular weight excluding hydrogens is 330 g/mol. The van der Waals surface area contributed by atoms with Gasteiger partial charge in [0.2, 0.25) is 5.91 Å². The Bertz CT molecular complexity index is 690. The van der Waals surface area contributed by atoms with Gasteiger partial charge in [-0.05, 0) is 44.4 Å². The number of aromatic nitrogens is 1. The van der Waals surface area contributed by atoms with Gasteiger partial charge in [-0.2, -0.15) is 0 Å². The molecule has 25 heavy (non-hydrogen) atoms. The highest BCUT2D eigenvalue weighted by atomic mass is 32.1. The fourth-order valence-electron chi connectivity index (χ4n) is 4.19. The number of benzene rings is 1. The fraction of sp³-hybridized carbons (Fsp3) is 0.600. The molecular formula is C20H27N3OS. The van der Waals surface area contributed by atoms with Crippen LogP contribution in [0.5, 0.6) is 0 Å². The smallest absolute Gasteiger partial charge is 0.234 e. The summed E-state index contributed by atoms with van der Waals surface area (Å²) in [6.07, 6.45) is 8.48. The third-order valence-electron chi connectivity index (χ3n) is 5.50. The van der Waals surface area contributed by atoms with Gasteiger partial charge in [0.1, 0.15) is 0 Å². The van der Waals surface area contributed by atoms with Crippen LogP contribution in [-0.4, -0.2) is 41.5 Å². The first-order chi connectivity index (χ1) is 12.3. The van der Waals surface area contributed by atoms with Crippen LogP contribution >= 0.6 is 11.3 Å². The van der Waals surface area contributed by atoms with Crippen LogP contribution in [0, 0.1) is 0 Å². The van der Waals surface area contributed by atoms with Gasteiger partial charge in [0.25, 0.3) is 0 Å². The van der Waals surface area contributed by atoms with Crippen LogP contribution in [0.4, 0.5) is 0 Å². The third kappa shape index (κ3) is 4.21. The summed E-state index contributed by atoms with van der Waals surface area (Å²) in [6, 6.07) is 8.77. The molecule has 0 spiro atoms. The second-order valence-corrected chi connectivity index (χ2v) is 8.56. The van der Waals surface area contributed by atoms with Gasteiger partial charge in [-0.15, -0.1) is 11.3 Å². The highest BCUT2D eigenvalue weighted by Crippen LogP contribution is 2.32. The molecule has 0 unspecified atom stereocenters. The predicted octanol–water partition coefficient (Wildman–Crippen LogP) is 3.92. The summed E-state index contributed by atoms with van der Waals surface area (Å²) in [4.78, 5) is 19.6. The number of hydrogen-bond acceptors (Lipinski definition) is 4. The van der Waals surface area contributed by atoms with Crippen molar-refractivity contribution in [2.24, 2.45) is 0 Å². The second kappa shape index (κ2) is 7.83. The van der Waals surface area contributed by atoms with E-state index >= 15 is 0 Å². The lowest BCUT2D eigenvalue weighted by molar-refractivity contribution is -0.123. The Hall–Kier alpha value is -1.46. The van der Waals surface area contributed by atoms with E-state index in [1.165, 1.54) is 35.4 Å². The molecule has 1 aromatic heterocycles. The van der Waals surface area contributed by atoms with Gasteiger partial charge >= 0.3 is 0 Å². The first-order valence-electron chi connectivity index (χ1n) is 9.65. The highest BCUT2D eigenvalue weighted by molar-refractivity contribution is 7.18. The van der Waals surface area contributed by atoms with Crippen molar-refractivity contribution in [1.82, 2.24) is 15.2 Å². The van der Waals surface area contributed by atoms with Crippen molar-refractivity contribution >= 4 is 27.5 Å². The molecule has 134 valence electrons. The van der Waals surface area contributed by atoms with Gasteiger partial charge in [-0.1, -0.05) is 31.4 Å². The zero-order valence-electron chi connectivity index (χ0n) is 14.7. The minimum absolute atomic E-state index is 0.205. The molecule has 4 rings (SSSR count). The average Bonchev–Trinajstić information content (AvgIpc) is 3.07. The number of para-hydroxylation sites is 1. The van der Waals surface area contributed by atoms with Crippen LogP contribution in [-0.2, 0) is 4.79 Å². The first kappa shape index (κ1) is 17.0. The van der Waals surface area contributed by atoms with E-state index in [-0.39, 0.29) is 5.91 Å². The lowest BCUT2D eigenvalue weighted by Crippen LogP contribution is -2.45. The molecule has 2 fully saturated rings. The van der Waals surface area contributed by atoms with Gasteiger partial charge < -0.3 is 5.32 Å². The van der Waals surface area contributed by atoms with Crippen LogP contribution in [0.15, 0.2) is 24.3 Å². The van der Waals surface area contributed by atoms with Gasteiger partial charge in [0.05, 0.1) is 21.8 Å². The summed E-state index contributed by atoms with van der Waals surface area (Å²) >= 11 is 1.81. The van der Waals surface area contributed by atoms with Crippen LogP contribution < -0.4 is 5.32 Å². The van der Waals surface area contributed by atoms with Gasteiger partial charge in [-0.3, -0.25) is 9.69 Å². The third-order valence-corrected chi connectivity index (χ3v) is 6.70. The minimum Gasteiger partial charge on any atom is -0.352 e. The molecule has 2 aromatic rings. The summed E-state index contributed by atoms with van der Waals surface area (Å²) in [5, 5.41) is 4.48. The molecule has 1 atom stereocenters. The van der Waals surface area contributed by atoms with Crippen molar-refractivity contribution in [3.63, 3.8) is 0 Å². The van der Waals surface area contributed by atoms with Crippen LogP contribution in [0.1, 0.15) is 55.9 Å². The minimum atomic E-state index is 0.205. The lowest BCUT2D eigenvalue weighted by atomic mass is 9.95. The Labute approximate surface area is 153 Å². The predicted molar refractivity (Wildman–Crippen MR) is 103 cm³/mol. The molecule has 1 amide bonds. The van der Waals surface area contributed by atoms with E-state index in [0.29, 0.717) is 18.5 Å². The maximum absolute atomic E-state index is 12.4. The number of likely N-dealkylation sites (tertiary alicyclic amines) is 1. The number of amides is 1. The topological polar surface area (TPSA) is 45.2 Å². The number of fused-ring (bicyclic) bond motifs is 1. The molecule has 1 aliphatic carbocycles. The van der Waals surface area contributed by atoms with Crippen molar-refractivity contribution in [3.05, 3.63) is 29.3 Å². The number of rotatable bonds is 4. The SMILES string of the molecule is O=C(CN1CCC[C@H](c2nc3ccccc3s2)C1)NC1CCCCC1. The van der Waals surface area contributed by atoms with E-state index < -0.39 is 0 Å². The molecule has 1 aliphatic heterocycles. The molecule has 5 heteroatoms. The quantitative estimate of drug-likeness (QED) is 0.902. The molecule has 1 N–H and O–H groups in total. The first-order valence-corrected chi connectivity index (χ1v) is 10.5. The summed E-state index contributed by atoms with van der Waals surface area (Å²) in [6.45, 7) is 2.52. The number of carbonyl (C=O) groups excluding carboxylic acids is 1. The van der Waals surface area contributed by atoms with Crippen LogP contribution in [0.2, 0.25) is 0 Å². The van der Waals surface area contributed by atoms with E-state index in [2.05, 4.69) is 34.5 Å². The molecule has 2 aliphatic rings. The molecule has 1 saturated heterocycles. The van der Waals surface area contributed by atoms with E-state index in [9.17, 15) is 4.79 Å². The summed E-state index contributed by atoms with van der Waals surface area (Å²) in [7, 11) is 0. The van der Waals surface area contributed by atoms with Gasteiger partial charge in [-0.25, -0.2) is 4.98 Å². The molecule has 1 aromatic carbocycles. The zero-order valence-corrected chi connectivity index (χ0v) is 15.6. The van der Waals surface area contributed by atoms with Crippen molar-refractivity contribution in [3.8, 4) is 0 Å². The second-order valence-electron chi connectivity index (χ2n) is 7.50. The largest absolute Gasteiger partial charge is 0.352 e. The maximum Gasteiger partial charge on any atom is 0.234 e. The molecule has 0 radical (unpaired) electrons. The lowest BCUT2D eigenvalue weighted by Gasteiger charge is -2.32. The Morgan fingerprint density at radius 1 is 1.16 bits per heavy atom. The Balaban J connectivity index is 1.34. The van der Waals surface area contributed by atoms with Crippen molar-refractivity contribution < 1.29 is 4.79 Å². The summed E-state index contributed by atoms with van der Waals surface area (Å²) in [5.74, 6) is 0.672. The average molecular weight is 358 g/mol. The Morgan fingerprint density at radius 2 is 2.00 bits per heavy atom. The van der Waals surface area contributed by atoms with Crippen molar-refractivity contribution in [2.75, 3.05) is 19.6 Å². The van der Waals surface area contributed by atoms with Crippen molar-refractivity contribution in [1.29, 1.82) is 0 Å². The van der Waals surface area contributed by atoms with Crippen LogP contribution in [0.25, 0.3) is 10.2 Å². The zero-order chi connectivity index (χ0) is 17.1. The maximum atomic E-state index is 12.4. The Morgan fingerprint density at radius 3 is 2.84 bits per heavy atom. The monoisotopic (exact) mass is 357 g/mol. The van der Waals surface area contributed by atoms with E-state index in [1.54, 1.807) is 0 Å². The van der Waals surface area contributed by atoms with Gasteiger partial charge in [0, 0.05) is 18.5 Å². The highest BCUT2D eigenvalue weighted by Gasteiger charge is 2.26. The normalized spacial score (nSPS) is 23.0. The molecule has 0 bridgehead atoms. The number of nitrogens with zero attached hydrogens (tertiary/aromatic N) is 2. The van der Waals surface area contributed by atoms with E-state index in [0.717, 1.165) is 37.9 Å². The summed E-state index contributed by atoms with van der Waals surface area (Å²) in [5.41, 5.74) is 1.11. The van der Waals surface area contributed by atoms with Crippen molar-refractivity contribution in [2.45, 2.75) is 56.9 Å². The van der Waals surface area contributed by atoms with Crippen LogP contribution in [0.3, 0.4) is 0 Å². The number of piperidine rings is 1. The van der Waals surface area contributed by atoms with E-state index in [4.69, 9.17) is 4.98 Å². The van der Waals surface area contributed by atoms with E-state index in [1.807, 2.05) is 11.3 Å². The number of nitrogens with one attached hydrogen (secondary N) is 1. The number of thiazole rings is 1. The number of carbonyl (C=O) groups is 1.